The summed E-state index contributed by atoms with van der Waals surface area (Å²) in [5, 5.41) is 2.61. The van der Waals surface area contributed by atoms with Gasteiger partial charge in [0.2, 0.25) is 0 Å². The average Bonchev–Trinajstić information content (AvgIpc) is 2.18. The standard InChI is InChI=1S/C10H21NO3.C2H6/c1-5-7-13-8-6-11-9(12)14-10(2,3)4;1-2/h5-8H2,1-4H3,(H,11,12);1-2H3. The molecule has 0 aliphatic rings. The Balaban J connectivity index is 0. The number of hydrogen-bond donors (Lipinski definition) is 1. The van der Waals surface area contributed by atoms with Crippen molar-refractivity contribution in [2.75, 3.05) is 19.8 Å². The van der Waals surface area contributed by atoms with Crippen LogP contribution in [0.5, 0.6) is 0 Å². The van der Waals surface area contributed by atoms with Gasteiger partial charge in [0.1, 0.15) is 5.60 Å². The molecule has 0 atom stereocenters. The number of nitrogens with one attached hydrogen (secondary N) is 1. The van der Waals surface area contributed by atoms with Crippen molar-refractivity contribution in [1.29, 1.82) is 0 Å². The summed E-state index contributed by atoms with van der Waals surface area (Å²) in [6.45, 7) is 13.3. The van der Waals surface area contributed by atoms with Gasteiger partial charge in [-0.3, -0.25) is 0 Å². The smallest absolute Gasteiger partial charge is 0.407 e. The maximum absolute atomic E-state index is 11.1. The van der Waals surface area contributed by atoms with Gasteiger partial charge in [-0.25, -0.2) is 4.79 Å². The lowest BCUT2D eigenvalue weighted by Gasteiger charge is -2.19. The van der Waals surface area contributed by atoms with Gasteiger partial charge in [0.05, 0.1) is 6.61 Å². The highest BCUT2D eigenvalue weighted by atomic mass is 16.6. The van der Waals surface area contributed by atoms with E-state index in [1.165, 1.54) is 0 Å². The maximum Gasteiger partial charge on any atom is 0.407 e. The van der Waals surface area contributed by atoms with Gasteiger partial charge in [0.25, 0.3) is 0 Å². The first-order valence-electron chi connectivity index (χ1n) is 6.00. The van der Waals surface area contributed by atoms with Crippen LogP contribution in [0.1, 0.15) is 48.0 Å². The zero-order chi connectivity index (χ0) is 13.0. The molecule has 0 fully saturated rings. The van der Waals surface area contributed by atoms with Crippen LogP contribution in [-0.4, -0.2) is 31.5 Å². The first-order chi connectivity index (χ1) is 7.45. The van der Waals surface area contributed by atoms with Crippen LogP contribution >= 0.6 is 0 Å². The number of amides is 1. The Bertz CT molecular complexity index is 164. The van der Waals surface area contributed by atoms with Crippen molar-refractivity contribution < 1.29 is 14.3 Å². The lowest BCUT2D eigenvalue weighted by Crippen LogP contribution is -2.34. The van der Waals surface area contributed by atoms with Crippen molar-refractivity contribution in [3.63, 3.8) is 0 Å². The van der Waals surface area contributed by atoms with E-state index < -0.39 is 11.7 Å². The van der Waals surface area contributed by atoms with Crippen LogP contribution in [0.15, 0.2) is 0 Å². The molecule has 4 heteroatoms. The van der Waals surface area contributed by atoms with Gasteiger partial charge in [-0.2, -0.15) is 0 Å². The van der Waals surface area contributed by atoms with Gasteiger partial charge in [-0.1, -0.05) is 20.8 Å². The molecule has 0 aliphatic heterocycles. The number of ether oxygens (including phenoxy) is 2. The van der Waals surface area contributed by atoms with Crippen LogP contribution < -0.4 is 5.32 Å². The monoisotopic (exact) mass is 233 g/mol. The van der Waals surface area contributed by atoms with Gasteiger partial charge < -0.3 is 14.8 Å². The first kappa shape index (κ1) is 17.6. The fourth-order valence-corrected chi connectivity index (χ4v) is 0.786. The molecule has 0 heterocycles. The number of rotatable bonds is 5. The molecule has 0 aromatic heterocycles. The van der Waals surface area contributed by atoms with E-state index in [-0.39, 0.29) is 0 Å². The zero-order valence-corrected chi connectivity index (χ0v) is 11.6. The number of carbonyl (C=O) groups is 1. The molecule has 1 N–H and O–H groups in total. The van der Waals surface area contributed by atoms with Crippen molar-refractivity contribution in [3.05, 3.63) is 0 Å². The Hall–Kier alpha value is -0.770. The van der Waals surface area contributed by atoms with E-state index in [0.717, 1.165) is 13.0 Å². The van der Waals surface area contributed by atoms with E-state index in [9.17, 15) is 4.79 Å². The van der Waals surface area contributed by atoms with Crippen molar-refractivity contribution in [2.45, 2.75) is 53.6 Å². The summed E-state index contributed by atoms with van der Waals surface area (Å²) < 4.78 is 10.2. The van der Waals surface area contributed by atoms with Crippen molar-refractivity contribution >= 4 is 6.09 Å². The molecule has 1 amide bonds. The lowest BCUT2D eigenvalue weighted by molar-refractivity contribution is 0.0499. The second kappa shape index (κ2) is 10.7. The largest absolute Gasteiger partial charge is 0.444 e. The summed E-state index contributed by atoms with van der Waals surface area (Å²) in [7, 11) is 0. The Labute approximate surface area is 99.7 Å². The summed E-state index contributed by atoms with van der Waals surface area (Å²) in [5.74, 6) is 0. The predicted molar refractivity (Wildman–Crippen MR) is 66.7 cm³/mol. The molecule has 98 valence electrons. The fraction of sp³-hybridized carbons (Fsp3) is 0.917. The molecule has 0 spiro atoms. The molecular formula is C12H27NO3. The minimum Gasteiger partial charge on any atom is -0.444 e. The van der Waals surface area contributed by atoms with Crippen molar-refractivity contribution in [2.24, 2.45) is 0 Å². The number of carbonyl (C=O) groups excluding carboxylic acids is 1. The van der Waals surface area contributed by atoms with Crippen LogP contribution in [0.2, 0.25) is 0 Å². The van der Waals surface area contributed by atoms with Gasteiger partial charge in [-0.05, 0) is 27.2 Å². The van der Waals surface area contributed by atoms with E-state index >= 15 is 0 Å². The summed E-state index contributed by atoms with van der Waals surface area (Å²) >= 11 is 0. The molecule has 16 heavy (non-hydrogen) atoms. The summed E-state index contributed by atoms with van der Waals surface area (Å²) in [4.78, 5) is 11.1. The molecule has 0 radical (unpaired) electrons. The Morgan fingerprint density at radius 2 is 1.75 bits per heavy atom. The van der Waals surface area contributed by atoms with Gasteiger partial charge >= 0.3 is 6.09 Å². The molecule has 0 aliphatic carbocycles. The Morgan fingerprint density at radius 3 is 2.19 bits per heavy atom. The van der Waals surface area contributed by atoms with Crippen molar-refractivity contribution in [1.82, 2.24) is 5.32 Å². The SMILES string of the molecule is CC.CCCOCCNC(=O)OC(C)(C)C. The first-order valence-corrected chi connectivity index (χ1v) is 6.00. The minimum absolute atomic E-state index is 0.391. The molecule has 4 nitrogen and oxygen atoms in total. The van der Waals surface area contributed by atoms with Crippen LogP contribution in [-0.2, 0) is 9.47 Å². The molecular weight excluding hydrogens is 206 g/mol. The van der Waals surface area contributed by atoms with E-state index in [4.69, 9.17) is 9.47 Å². The third kappa shape index (κ3) is 15.7. The van der Waals surface area contributed by atoms with E-state index in [1.54, 1.807) is 0 Å². The van der Waals surface area contributed by atoms with Crippen LogP contribution in [0.4, 0.5) is 4.79 Å². The Kier molecular flexibility index (Phi) is 11.8. The summed E-state index contributed by atoms with van der Waals surface area (Å²) in [6, 6.07) is 0. The van der Waals surface area contributed by atoms with Crippen LogP contribution in [0.25, 0.3) is 0 Å². The van der Waals surface area contributed by atoms with Gasteiger partial charge in [0, 0.05) is 13.2 Å². The minimum atomic E-state index is -0.436. The summed E-state index contributed by atoms with van der Waals surface area (Å²) in [5.41, 5.74) is -0.436. The molecule has 0 rings (SSSR count). The predicted octanol–water partition coefficient (Wildman–Crippen LogP) is 2.96. The molecule has 0 bridgehead atoms. The second-order valence-electron chi connectivity index (χ2n) is 4.04. The highest BCUT2D eigenvalue weighted by Gasteiger charge is 2.15. The van der Waals surface area contributed by atoms with Crippen LogP contribution in [0.3, 0.4) is 0 Å². The fourth-order valence-electron chi connectivity index (χ4n) is 0.786. The molecule has 0 saturated heterocycles. The third-order valence-electron chi connectivity index (χ3n) is 1.26. The topological polar surface area (TPSA) is 47.6 Å². The third-order valence-corrected chi connectivity index (χ3v) is 1.26. The number of hydrogen-bond acceptors (Lipinski definition) is 3. The normalized spacial score (nSPS) is 10.1. The van der Waals surface area contributed by atoms with E-state index in [0.29, 0.717) is 13.2 Å². The van der Waals surface area contributed by atoms with Crippen molar-refractivity contribution in [3.8, 4) is 0 Å². The van der Waals surface area contributed by atoms with Crippen LogP contribution in [0, 0.1) is 0 Å². The average molecular weight is 233 g/mol. The van der Waals surface area contributed by atoms with E-state index in [2.05, 4.69) is 5.32 Å². The molecule has 0 aromatic rings. The zero-order valence-electron chi connectivity index (χ0n) is 11.6. The van der Waals surface area contributed by atoms with Gasteiger partial charge in [0.15, 0.2) is 0 Å². The molecule has 0 saturated carbocycles. The maximum atomic E-state index is 11.1. The lowest BCUT2D eigenvalue weighted by atomic mass is 10.2. The summed E-state index contributed by atoms with van der Waals surface area (Å²) in [6.07, 6.45) is 0.601. The highest BCUT2D eigenvalue weighted by molar-refractivity contribution is 5.67. The van der Waals surface area contributed by atoms with Gasteiger partial charge in [-0.15, -0.1) is 0 Å². The number of alkyl carbamates (subject to hydrolysis) is 1. The second-order valence-corrected chi connectivity index (χ2v) is 4.04. The highest BCUT2D eigenvalue weighted by Crippen LogP contribution is 2.05. The molecule has 0 aromatic carbocycles. The molecule has 0 unspecified atom stereocenters. The Morgan fingerprint density at radius 1 is 1.19 bits per heavy atom. The van der Waals surface area contributed by atoms with E-state index in [1.807, 2.05) is 41.5 Å². The quantitative estimate of drug-likeness (QED) is 0.743.